The van der Waals surface area contributed by atoms with Crippen LogP contribution in [0.3, 0.4) is 0 Å². The number of hydrogen-bond donors (Lipinski definition) is 0. The van der Waals surface area contributed by atoms with Crippen molar-refractivity contribution < 1.29 is 65.6 Å². The summed E-state index contributed by atoms with van der Waals surface area (Å²) in [6.07, 6.45) is 14.7. The second kappa shape index (κ2) is 16.1. The molecule has 0 amide bonds. The SMILES string of the molecule is CN(C)c1ccccc1-c1ccccc1[PH+](C1CCCCC1)C1CCCCC1.O=S(=O)([N-]S(=O)(=O)C(F)(F)F)C(F)(F)F.[Au+]. The molecule has 0 N–H and O–H groups in total. The summed E-state index contributed by atoms with van der Waals surface area (Å²) in [5.74, 6) is 0. The Bertz CT molecular complexity index is 1370. The molecule has 6 nitrogen and oxygen atoms in total. The molecule has 44 heavy (non-hydrogen) atoms. The van der Waals surface area contributed by atoms with E-state index in [-0.39, 0.29) is 22.4 Å². The van der Waals surface area contributed by atoms with Gasteiger partial charge in [-0.05, 0) is 63.5 Å². The Labute approximate surface area is 272 Å². The van der Waals surface area contributed by atoms with Gasteiger partial charge in [0, 0.05) is 38.8 Å². The van der Waals surface area contributed by atoms with Gasteiger partial charge in [0.05, 0.1) is 16.6 Å². The molecule has 2 saturated carbocycles. The van der Waals surface area contributed by atoms with E-state index in [1.807, 2.05) is 0 Å². The van der Waals surface area contributed by atoms with Gasteiger partial charge in [-0.2, -0.15) is 26.3 Å². The van der Waals surface area contributed by atoms with Crippen LogP contribution < -0.4 is 10.2 Å². The van der Waals surface area contributed by atoms with E-state index in [0.717, 1.165) is 15.4 Å². The predicted molar refractivity (Wildman–Crippen MR) is 161 cm³/mol. The second-order valence-corrected chi connectivity index (χ2v) is 17.5. The molecule has 2 aromatic carbocycles. The van der Waals surface area contributed by atoms with Crippen LogP contribution in [0.15, 0.2) is 48.5 Å². The molecule has 0 unspecified atom stereocenters. The van der Waals surface area contributed by atoms with Crippen LogP contribution in [0.25, 0.3) is 15.3 Å². The normalized spacial score (nSPS) is 17.4. The van der Waals surface area contributed by atoms with E-state index in [0.29, 0.717) is 0 Å². The van der Waals surface area contributed by atoms with Crippen LogP contribution in [0, 0.1) is 0 Å². The summed E-state index contributed by atoms with van der Waals surface area (Å²) in [6.45, 7) is 0. The van der Waals surface area contributed by atoms with E-state index < -0.39 is 39.0 Å². The fourth-order valence-corrected chi connectivity index (χ4v) is 12.0. The summed E-state index contributed by atoms with van der Waals surface area (Å²) < 4.78 is 109. The van der Waals surface area contributed by atoms with E-state index in [9.17, 15) is 43.2 Å². The van der Waals surface area contributed by atoms with Crippen LogP contribution in [0.1, 0.15) is 64.2 Å². The van der Waals surface area contributed by atoms with Crippen molar-refractivity contribution in [2.24, 2.45) is 0 Å². The largest absolute Gasteiger partial charge is 1.00 e. The summed E-state index contributed by atoms with van der Waals surface area (Å²) in [6, 6.07) is 18.5. The van der Waals surface area contributed by atoms with Gasteiger partial charge in [0.15, 0.2) is 20.0 Å². The molecule has 0 heterocycles. The smallest absolute Gasteiger partial charge is 0.421 e. The van der Waals surface area contributed by atoms with Gasteiger partial charge in [-0.15, -0.1) is 0 Å². The molecule has 0 radical (unpaired) electrons. The third-order valence-electron chi connectivity index (χ3n) is 7.79. The molecule has 0 bridgehead atoms. The Hall–Kier alpha value is -1.15. The molecule has 0 atom stereocenters. The summed E-state index contributed by atoms with van der Waals surface area (Å²) in [5.41, 5.74) is -6.14. The van der Waals surface area contributed by atoms with Gasteiger partial charge >= 0.3 is 33.4 Å². The maximum Gasteiger partial charge on any atom is 1.00 e. The Morgan fingerprint density at radius 2 is 1.05 bits per heavy atom. The van der Waals surface area contributed by atoms with E-state index >= 15 is 0 Å². The zero-order valence-corrected chi connectivity index (χ0v) is 29.1. The van der Waals surface area contributed by atoms with Crippen molar-refractivity contribution in [3.8, 4) is 11.1 Å². The number of anilines is 1. The monoisotopic (exact) mass is 871 g/mol. The first-order valence-corrected chi connectivity index (χ1v) is 18.6. The van der Waals surface area contributed by atoms with Crippen molar-refractivity contribution in [1.82, 2.24) is 0 Å². The number of hydrogen-bond acceptors (Lipinski definition) is 5. The Balaban J connectivity index is 0.000000363. The molecule has 16 heteroatoms. The van der Waals surface area contributed by atoms with Gasteiger partial charge in [-0.3, -0.25) is 0 Å². The van der Waals surface area contributed by atoms with Crippen LogP contribution >= 0.6 is 7.92 Å². The summed E-state index contributed by atoms with van der Waals surface area (Å²) in [4.78, 5) is 2.28. The van der Waals surface area contributed by atoms with Crippen LogP contribution in [0.4, 0.5) is 32.0 Å². The van der Waals surface area contributed by atoms with Crippen LogP contribution in [0.2, 0.25) is 0 Å². The average molecular weight is 872 g/mol. The van der Waals surface area contributed by atoms with Gasteiger partial charge in [0.1, 0.15) is 0 Å². The Morgan fingerprint density at radius 1 is 0.659 bits per heavy atom. The third kappa shape index (κ3) is 9.92. The second-order valence-electron chi connectivity index (χ2n) is 11.0. The predicted octanol–water partition coefficient (Wildman–Crippen LogP) is 7.98. The zero-order valence-electron chi connectivity index (χ0n) is 24.3. The minimum atomic E-state index is -6.72. The Morgan fingerprint density at radius 3 is 1.45 bits per heavy atom. The van der Waals surface area contributed by atoms with Crippen molar-refractivity contribution >= 4 is 39.0 Å². The summed E-state index contributed by atoms with van der Waals surface area (Å²) in [7, 11) is -9.65. The molecule has 4 rings (SSSR count). The molecule has 252 valence electrons. The molecule has 0 aliphatic heterocycles. The summed E-state index contributed by atoms with van der Waals surface area (Å²) >= 11 is 0. The third-order valence-corrected chi connectivity index (χ3v) is 14.5. The molecule has 2 fully saturated rings. The van der Waals surface area contributed by atoms with Gasteiger partial charge in [-0.25, -0.2) is 16.8 Å². The van der Waals surface area contributed by atoms with Crippen LogP contribution in [-0.2, 0) is 42.4 Å². The first kappa shape index (κ1) is 39.0. The molecule has 2 aliphatic carbocycles. The number of alkyl halides is 6. The van der Waals surface area contributed by atoms with Crippen molar-refractivity contribution in [1.29, 1.82) is 0 Å². The summed E-state index contributed by atoms with van der Waals surface area (Å²) in [5, 5.41) is 1.74. The average Bonchev–Trinajstić information content (AvgIpc) is 2.93. The topological polar surface area (TPSA) is 85.6 Å². The maximum absolute atomic E-state index is 11.4. The zero-order chi connectivity index (χ0) is 32.1. The number of sulfonamides is 2. The first-order valence-electron chi connectivity index (χ1n) is 14.1. The quantitative estimate of drug-likeness (QED) is 0.160. The van der Waals surface area contributed by atoms with E-state index in [2.05, 4.69) is 67.5 Å². The molecule has 0 saturated heterocycles. The van der Waals surface area contributed by atoms with Crippen molar-refractivity contribution in [3.63, 3.8) is 0 Å². The Kier molecular flexibility index (Phi) is 14.3. The molecule has 0 aromatic heterocycles. The fourth-order valence-electron chi connectivity index (χ4n) is 5.88. The van der Waals surface area contributed by atoms with Gasteiger partial charge < -0.3 is 9.03 Å². The van der Waals surface area contributed by atoms with Crippen molar-refractivity contribution in [2.45, 2.75) is 86.5 Å². The molecule has 2 aliphatic rings. The van der Waals surface area contributed by atoms with Crippen molar-refractivity contribution in [2.75, 3.05) is 19.0 Å². The minimum absolute atomic E-state index is 0. The number of benzene rings is 2. The van der Waals surface area contributed by atoms with E-state index in [1.165, 1.54) is 81.0 Å². The van der Waals surface area contributed by atoms with Gasteiger partial charge in [0.2, 0.25) is 0 Å². The van der Waals surface area contributed by atoms with E-state index in [1.54, 1.807) is 5.30 Å². The molecular formula is C28H37AuF6N2O4PS2+. The molecular weight excluding hydrogens is 834 g/mol. The molecule has 0 spiro atoms. The molecule has 2 aromatic rings. The van der Waals surface area contributed by atoms with Crippen LogP contribution in [0.5, 0.6) is 0 Å². The van der Waals surface area contributed by atoms with Gasteiger partial charge in [-0.1, -0.05) is 49.2 Å². The number of rotatable bonds is 7. The number of nitrogens with zero attached hydrogens (tertiary/aromatic N) is 2. The van der Waals surface area contributed by atoms with Crippen LogP contribution in [-0.4, -0.2) is 53.3 Å². The van der Waals surface area contributed by atoms with E-state index in [4.69, 9.17) is 0 Å². The standard InChI is InChI=1S/C26H36NP.C2F6NO4S2.Au/c1-27(2)25-19-11-9-17-23(25)24-18-10-12-20-26(24)28(21-13-5-3-6-14-21)22-15-7-4-8-16-22;3-1(4,5)14(10,11)9-15(12,13)2(6,7)8;/h9-12,17-22H,3-8,13-16H2,1-2H3;;/q;-1;+1/p+1. The maximum atomic E-state index is 11.4. The van der Waals surface area contributed by atoms with Gasteiger partial charge in [0.25, 0.3) is 0 Å². The number of halogens is 6. The first-order chi connectivity index (χ1) is 20.0. The minimum Gasteiger partial charge on any atom is -0.421 e. The fraction of sp³-hybridized carbons (Fsp3) is 0.571. The number of para-hydroxylation sites is 1. The van der Waals surface area contributed by atoms with Crippen molar-refractivity contribution in [3.05, 3.63) is 52.7 Å².